The fourth-order valence-electron chi connectivity index (χ4n) is 4.22. The predicted molar refractivity (Wildman–Crippen MR) is 97.1 cm³/mol. The maximum atomic E-state index is 12.9. The van der Waals surface area contributed by atoms with Crippen LogP contribution in [0.15, 0.2) is 40.9 Å². The summed E-state index contributed by atoms with van der Waals surface area (Å²) in [6, 6.07) is 6.85. The van der Waals surface area contributed by atoms with Crippen LogP contribution in [0.1, 0.15) is 24.8 Å². The fraction of sp³-hybridized carbons (Fsp3) is 0.471. The first-order valence-corrected chi connectivity index (χ1v) is 10.9. The molecule has 2 aromatic heterocycles. The van der Waals surface area contributed by atoms with E-state index in [2.05, 4.69) is 4.98 Å². The van der Waals surface area contributed by atoms with E-state index in [0.717, 1.165) is 29.7 Å². The number of thiophene rings is 1. The lowest BCUT2D eigenvalue weighted by atomic mass is 9.68. The molecule has 3 atom stereocenters. The first-order chi connectivity index (χ1) is 11.9. The van der Waals surface area contributed by atoms with Crippen molar-refractivity contribution in [2.75, 3.05) is 13.1 Å². The van der Waals surface area contributed by atoms with Gasteiger partial charge in [0, 0.05) is 37.0 Å². The van der Waals surface area contributed by atoms with Crippen LogP contribution in [0.2, 0.25) is 4.34 Å². The molecule has 0 aromatic carbocycles. The minimum Gasteiger partial charge on any atom is -0.385 e. The largest absolute Gasteiger partial charge is 0.385 e. The molecule has 2 fully saturated rings. The number of nitrogens with zero attached hydrogens (tertiary/aromatic N) is 2. The van der Waals surface area contributed by atoms with Gasteiger partial charge in [-0.1, -0.05) is 17.7 Å². The molecule has 0 spiro atoms. The summed E-state index contributed by atoms with van der Waals surface area (Å²) in [5.41, 5.74) is -0.239. The van der Waals surface area contributed by atoms with Gasteiger partial charge in [-0.25, -0.2) is 8.42 Å². The van der Waals surface area contributed by atoms with Gasteiger partial charge in [-0.05, 0) is 43.4 Å². The van der Waals surface area contributed by atoms with Crippen molar-refractivity contribution < 1.29 is 13.5 Å². The summed E-state index contributed by atoms with van der Waals surface area (Å²) >= 11 is 6.98. The highest BCUT2D eigenvalue weighted by Gasteiger charge is 2.52. The molecule has 25 heavy (non-hydrogen) atoms. The van der Waals surface area contributed by atoms with E-state index in [-0.39, 0.29) is 16.0 Å². The topological polar surface area (TPSA) is 70.5 Å². The van der Waals surface area contributed by atoms with Crippen LogP contribution >= 0.6 is 22.9 Å². The summed E-state index contributed by atoms with van der Waals surface area (Å²) in [6.45, 7) is 0.777. The zero-order chi connectivity index (χ0) is 17.7. The smallest absolute Gasteiger partial charge is 0.252 e. The molecule has 0 bridgehead atoms. The Labute approximate surface area is 156 Å². The van der Waals surface area contributed by atoms with Gasteiger partial charge in [-0.3, -0.25) is 4.98 Å². The molecule has 2 aromatic rings. The first-order valence-electron chi connectivity index (χ1n) is 8.29. The first kappa shape index (κ1) is 17.4. The molecule has 3 heterocycles. The molecule has 4 rings (SSSR count). The molecule has 1 aliphatic heterocycles. The van der Waals surface area contributed by atoms with Crippen LogP contribution in [-0.2, 0) is 15.6 Å². The van der Waals surface area contributed by atoms with E-state index >= 15 is 0 Å². The van der Waals surface area contributed by atoms with E-state index in [1.165, 1.54) is 4.31 Å². The van der Waals surface area contributed by atoms with Crippen LogP contribution in [-0.4, -0.2) is 35.9 Å². The molecule has 0 radical (unpaired) electrons. The highest BCUT2D eigenvalue weighted by molar-refractivity contribution is 7.91. The molecule has 8 heteroatoms. The molecular formula is C17H19ClN2O3S2. The van der Waals surface area contributed by atoms with E-state index in [9.17, 15) is 13.5 Å². The molecule has 0 unspecified atom stereocenters. The molecule has 5 nitrogen and oxygen atoms in total. The molecule has 1 aliphatic carbocycles. The number of hydrogen-bond acceptors (Lipinski definition) is 5. The third-order valence-corrected chi connectivity index (χ3v) is 8.99. The molecule has 1 saturated carbocycles. The SMILES string of the molecule is O=S(=O)(c1ccc(Cl)s1)N1C[C@@H]2CCC[C@@](O)(c3cccnc3)[C@H]2C1. The van der Waals surface area contributed by atoms with Gasteiger partial charge in [0.15, 0.2) is 0 Å². The van der Waals surface area contributed by atoms with Gasteiger partial charge in [-0.2, -0.15) is 4.31 Å². The Morgan fingerprint density at radius 2 is 2.16 bits per heavy atom. The molecule has 134 valence electrons. The maximum absolute atomic E-state index is 12.9. The summed E-state index contributed by atoms with van der Waals surface area (Å²) in [5.74, 6) is 0.0415. The summed E-state index contributed by atoms with van der Waals surface area (Å²) < 4.78 is 28.1. The average Bonchev–Trinajstić information content (AvgIpc) is 3.24. The Morgan fingerprint density at radius 1 is 1.32 bits per heavy atom. The summed E-state index contributed by atoms with van der Waals surface area (Å²) in [6.07, 6.45) is 5.83. The van der Waals surface area contributed by atoms with Gasteiger partial charge in [0.05, 0.1) is 9.94 Å². The minimum atomic E-state index is -3.57. The molecule has 1 saturated heterocycles. The number of fused-ring (bicyclic) bond motifs is 1. The van der Waals surface area contributed by atoms with Crippen LogP contribution < -0.4 is 0 Å². The molecule has 0 amide bonds. The third-order valence-electron chi connectivity index (χ3n) is 5.46. The Balaban J connectivity index is 1.65. The lowest BCUT2D eigenvalue weighted by Gasteiger charge is -2.41. The lowest BCUT2D eigenvalue weighted by molar-refractivity contribution is -0.0643. The number of aromatic nitrogens is 1. The van der Waals surface area contributed by atoms with Crippen molar-refractivity contribution in [1.29, 1.82) is 0 Å². The zero-order valence-electron chi connectivity index (χ0n) is 13.5. The van der Waals surface area contributed by atoms with Crippen molar-refractivity contribution in [2.24, 2.45) is 11.8 Å². The minimum absolute atomic E-state index is 0.115. The summed E-state index contributed by atoms with van der Waals surface area (Å²) in [4.78, 5) is 4.13. The zero-order valence-corrected chi connectivity index (χ0v) is 15.9. The van der Waals surface area contributed by atoms with Crippen molar-refractivity contribution in [3.8, 4) is 0 Å². The Morgan fingerprint density at radius 3 is 2.84 bits per heavy atom. The van der Waals surface area contributed by atoms with Gasteiger partial charge < -0.3 is 5.11 Å². The van der Waals surface area contributed by atoms with Gasteiger partial charge in [0.25, 0.3) is 10.0 Å². The van der Waals surface area contributed by atoms with E-state index < -0.39 is 15.6 Å². The molecule has 1 N–H and O–H groups in total. The molecular weight excluding hydrogens is 380 g/mol. The average molecular weight is 399 g/mol. The van der Waals surface area contributed by atoms with Crippen LogP contribution in [0, 0.1) is 11.8 Å². The van der Waals surface area contributed by atoms with Crippen molar-refractivity contribution in [2.45, 2.75) is 29.1 Å². The number of sulfonamides is 1. The van der Waals surface area contributed by atoms with Crippen molar-refractivity contribution in [3.05, 3.63) is 46.6 Å². The van der Waals surface area contributed by atoms with Gasteiger partial charge in [-0.15, -0.1) is 11.3 Å². The van der Waals surface area contributed by atoms with Crippen LogP contribution in [0.4, 0.5) is 0 Å². The number of aliphatic hydroxyl groups is 1. The highest BCUT2D eigenvalue weighted by Crippen LogP contribution is 2.49. The van der Waals surface area contributed by atoms with Crippen LogP contribution in [0.3, 0.4) is 0 Å². The molecule has 2 aliphatic rings. The summed E-state index contributed by atoms with van der Waals surface area (Å²) in [5, 5.41) is 11.4. The lowest BCUT2D eigenvalue weighted by Crippen LogP contribution is -2.43. The second-order valence-electron chi connectivity index (χ2n) is 6.81. The maximum Gasteiger partial charge on any atom is 0.252 e. The van der Waals surface area contributed by atoms with Gasteiger partial charge in [0.2, 0.25) is 0 Å². The second-order valence-corrected chi connectivity index (χ2v) is 10.7. The van der Waals surface area contributed by atoms with E-state index in [0.29, 0.717) is 23.8 Å². The Bertz CT molecular complexity index is 871. The van der Waals surface area contributed by atoms with Crippen molar-refractivity contribution >= 4 is 33.0 Å². The standard InChI is InChI=1S/C17H19ClN2O3S2/c18-15-5-6-16(24-15)25(22,23)20-10-12-3-1-7-17(21,14(12)11-20)13-4-2-8-19-9-13/h2,4-6,8-9,12,14,21H,1,3,7,10-11H2/t12-,14-,17+/m0/s1. The Hall–Kier alpha value is -0.990. The van der Waals surface area contributed by atoms with Gasteiger partial charge >= 0.3 is 0 Å². The summed E-state index contributed by atoms with van der Waals surface area (Å²) in [7, 11) is -3.57. The van der Waals surface area contributed by atoms with E-state index in [4.69, 9.17) is 11.6 Å². The number of hydrogen-bond donors (Lipinski definition) is 1. The quantitative estimate of drug-likeness (QED) is 0.862. The number of rotatable bonds is 3. The predicted octanol–water partition coefficient (Wildman–Crippen LogP) is 3.10. The van der Waals surface area contributed by atoms with Crippen molar-refractivity contribution in [3.63, 3.8) is 0 Å². The normalized spacial score (nSPS) is 30.3. The monoisotopic (exact) mass is 398 g/mol. The van der Waals surface area contributed by atoms with E-state index in [1.807, 2.05) is 12.1 Å². The Kier molecular flexibility index (Phi) is 4.40. The van der Waals surface area contributed by atoms with Crippen LogP contribution in [0.25, 0.3) is 0 Å². The highest BCUT2D eigenvalue weighted by atomic mass is 35.5. The van der Waals surface area contributed by atoms with E-state index in [1.54, 1.807) is 24.5 Å². The third kappa shape index (κ3) is 2.92. The fourth-order valence-corrected chi connectivity index (χ4v) is 7.38. The number of halogens is 1. The second kappa shape index (κ2) is 6.32. The van der Waals surface area contributed by atoms with Crippen LogP contribution in [0.5, 0.6) is 0 Å². The number of pyridine rings is 1. The van der Waals surface area contributed by atoms with Gasteiger partial charge in [0.1, 0.15) is 4.21 Å². The van der Waals surface area contributed by atoms with Crippen molar-refractivity contribution in [1.82, 2.24) is 9.29 Å².